The van der Waals surface area contributed by atoms with E-state index in [2.05, 4.69) is 5.32 Å². The van der Waals surface area contributed by atoms with Gasteiger partial charge < -0.3 is 19.7 Å². The van der Waals surface area contributed by atoms with E-state index in [1.165, 1.54) is 44.4 Å². The standard InChI is InChI=1S/C28H33N3O6S/c1-20-11-9-10-12-22(20)18-30(21(2)28(33)29-3)27(32)19-31(38(34,35)24-13-7-6-8-14-24)23-15-16-25(36-4)26(17-23)37-5/h6-17,21H,18-19H2,1-5H3,(H,29,33)/t21-/m0/s1. The van der Waals surface area contributed by atoms with Crippen LogP contribution in [0.15, 0.2) is 77.7 Å². The number of nitrogens with zero attached hydrogens (tertiary/aromatic N) is 2. The van der Waals surface area contributed by atoms with E-state index in [0.717, 1.165) is 15.4 Å². The first-order chi connectivity index (χ1) is 18.1. The van der Waals surface area contributed by atoms with Crippen LogP contribution < -0.4 is 19.1 Å². The van der Waals surface area contributed by atoms with Gasteiger partial charge in [-0.1, -0.05) is 42.5 Å². The fraction of sp³-hybridized carbons (Fsp3) is 0.286. The molecule has 2 amide bonds. The molecule has 0 spiro atoms. The van der Waals surface area contributed by atoms with Gasteiger partial charge in [0, 0.05) is 19.7 Å². The average molecular weight is 540 g/mol. The zero-order valence-corrected chi connectivity index (χ0v) is 23.0. The van der Waals surface area contributed by atoms with Crippen LogP contribution in [-0.4, -0.2) is 59.0 Å². The van der Waals surface area contributed by atoms with Crippen molar-refractivity contribution in [3.8, 4) is 11.5 Å². The Morgan fingerprint density at radius 3 is 2.16 bits per heavy atom. The molecule has 38 heavy (non-hydrogen) atoms. The Hall–Kier alpha value is -4.05. The number of rotatable bonds is 11. The molecule has 1 atom stereocenters. The molecule has 0 heterocycles. The number of carbonyl (C=O) groups excluding carboxylic acids is 2. The molecule has 0 radical (unpaired) electrons. The number of methoxy groups -OCH3 is 2. The molecule has 0 aromatic heterocycles. The van der Waals surface area contributed by atoms with Gasteiger partial charge >= 0.3 is 0 Å². The Labute approximate surface area is 224 Å². The van der Waals surface area contributed by atoms with Crippen LogP contribution in [0.1, 0.15) is 18.1 Å². The van der Waals surface area contributed by atoms with Gasteiger partial charge in [0.25, 0.3) is 10.0 Å². The Kier molecular flexibility index (Phi) is 9.35. The molecule has 10 heteroatoms. The number of hydrogen-bond donors (Lipinski definition) is 1. The predicted molar refractivity (Wildman–Crippen MR) is 146 cm³/mol. The zero-order chi connectivity index (χ0) is 27.9. The number of nitrogens with one attached hydrogen (secondary N) is 1. The molecule has 3 rings (SSSR count). The SMILES string of the molecule is CNC(=O)[C@H](C)N(Cc1ccccc1C)C(=O)CN(c1ccc(OC)c(OC)c1)S(=O)(=O)c1ccccc1. The summed E-state index contributed by atoms with van der Waals surface area (Å²) in [5.41, 5.74) is 2.01. The molecule has 3 aromatic carbocycles. The van der Waals surface area contributed by atoms with E-state index in [-0.39, 0.29) is 23.0 Å². The van der Waals surface area contributed by atoms with E-state index in [9.17, 15) is 18.0 Å². The van der Waals surface area contributed by atoms with Crippen LogP contribution in [0.5, 0.6) is 11.5 Å². The lowest BCUT2D eigenvalue weighted by atomic mass is 10.1. The van der Waals surface area contributed by atoms with Gasteiger partial charge in [0.2, 0.25) is 11.8 Å². The second-order valence-electron chi connectivity index (χ2n) is 8.60. The maximum atomic E-state index is 13.8. The van der Waals surface area contributed by atoms with Gasteiger partial charge in [-0.2, -0.15) is 0 Å². The highest BCUT2D eigenvalue weighted by Crippen LogP contribution is 2.34. The summed E-state index contributed by atoms with van der Waals surface area (Å²) < 4.78 is 39.3. The van der Waals surface area contributed by atoms with Crippen molar-refractivity contribution < 1.29 is 27.5 Å². The van der Waals surface area contributed by atoms with Gasteiger partial charge in [0.15, 0.2) is 11.5 Å². The molecule has 3 aromatic rings. The van der Waals surface area contributed by atoms with Crippen LogP contribution in [-0.2, 0) is 26.2 Å². The van der Waals surface area contributed by atoms with Crippen molar-refractivity contribution >= 4 is 27.5 Å². The van der Waals surface area contributed by atoms with Gasteiger partial charge in [-0.3, -0.25) is 13.9 Å². The summed E-state index contributed by atoms with van der Waals surface area (Å²) >= 11 is 0. The van der Waals surface area contributed by atoms with Gasteiger partial charge in [-0.25, -0.2) is 8.42 Å². The summed E-state index contributed by atoms with van der Waals surface area (Å²) in [7, 11) is 0.238. The first-order valence-electron chi connectivity index (χ1n) is 12.0. The lowest BCUT2D eigenvalue weighted by Gasteiger charge is -2.32. The number of sulfonamides is 1. The molecule has 0 bridgehead atoms. The summed E-state index contributed by atoms with van der Waals surface area (Å²) in [6.45, 7) is 3.12. The summed E-state index contributed by atoms with van der Waals surface area (Å²) in [5.74, 6) is -0.190. The average Bonchev–Trinajstić information content (AvgIpc) is 2.94. The highest BCUT2D eigenvalue weighted by Gasteiger charge is 2.32. The molecule has 0 saturated carbocycles. The van der Waals surface area contributed by atoms with Gasteiger partial charge in [-0.05, 0) is 49.2 Å². The molecule has 0 aliphatic carbocycles. The molecular formula is C28H33N3O6S. The van der Waals surface area contributed by atoms with Crippen LogP contribution in [0.3, 0.4) is 0 Å². The van der Waals surface area contributed by atoms with E-state index < -0.39 is 28.5 Å². The van der Waals surface area contributed by atoms with Crippen molar-refractivity contribution in [1.29, 1.82) is 0 Å². The topological polar surface area (TPSA) is 105 Å². The third-order valence-electron chi connectivity index (χ3n) is 6.28. The lowest BCUT2D eigenvalue weighted by Crippen LogP contribution is -2.50. The first-order valence-corrected chi connectivity index (χ1v) is 13.4. The number of likely N-dealkylation sites (N-methyl/N-ethyl adjacent to an activating group) is 1. The summed E-state index contributed by atoms with van der Waals surface area (Å²) in [5, 5.41) is 2.57. The van der Waals surface area contributed by atoms with Crippen LogP contribution in [0.25, 0.3) is 0 Å². The quantitative estimate of drug-likeness (QED) is 0.401. The number of anilines is 1. The van der Waals surface area contributed by atoms with Gasteiger partial charge in [0.1, 0.15) is 12.6 Å². The molecule has 1 N–H and O–H groups in total. The summed E-state index contributed by atoms with van der Waals surface area (Å²) in [4.78, 5) is 27.8. The molecule has 0 saturated heterocycles. The zero-order valence-electron chi connectivity index (χ0n) is 22.2. The Bertz CT molecular complexity index is 1380. The largest absolute Gasteiger partial charge is 0.493 e. The number of carbonyl (C=O) groups is 2. The van der Waals surface area contributed by atoms with Gasteiger partial charge in [-0.15, -0.1) is 0 Å². The molecule has 202 valence electrons. The van der Waals surface area contributed by atoms with Crippen molar-refractivity contribution in [1.82, 2.24) is 10.2 Å². The summed E-state index contributed by atoms with van der Waals surface area (Å²) in [6, 6.07) is 19.2. The van der Waals surface area contributed by atoms with Crippen LogP contribution in [0.4, 0.5) is 5.69 Å². The van der Waals surface area contributed by atoms with E-state index >= 15 is 0 Å². The Morgan fingerprint density at radius 1 is 0.921 bits per heavy atom. The minimum Gasteiger partial charge on any atom is -0.493 e. The molecule has 0 aliphatic heterocycles. The van der Waals surface area contributed by atoms with E-state index in [1.54, 1.807) is 37.3 Å². The third-order valence-corrected chi connectivity index (χ3v) is 8.07. The van der Waals surface area contributed by atoms with Crippen LogP contribution in [0.2, 0.25) is 0 Å². The maximum Gasteiger partial charge on any atom is 0.264 e. The summed E-state index contributed by atoms with van der Waals surface area (Å²) in [6.07, 6.45) is 0. The fourth-order valence-electron chi connectivity index (χ4n) is 3.99. The van der Waals surface area contributed by atoms with Gasteiger partial charge in [0.05, 0.1) is 24.8 Å². The second-order valence-corrected chi connectivity index (χ2v) is 10.5. The van der Waals surface area contributed by atoms with E-state index in [4.69, 9.17) is 9.47 Å². The first kappa shape index (κ1) is 28.5. The normalized spacial score (nSPS) is 11.8. The Morgan fingerprint density at radius 2 is 1.55 bits per heavy atom. The molecule has 0 aliphatic rings. The maximum absolute atomic E-state index is 13.8. The van der Waals surface area contributed by atoms with E-state index in [1.807, 2.05) is 31.2 Å². The predicted octanol–water partition coefficient (Wildman–Crippen LogP) is 3.37. The van der Waals surface area contributed by atoms with Crippen LogP contribution in [0, 0.1) is 6.92 Å². The highest BCUT2D eigenvalue weighted by molar-refractivity contribution is 7.92. The third kappa shape index (κ3) is 6.25. The lowest BCUT2D eigenvalue weighted by molar-refractivity contribution is -0.139. The molecule has 0 fully saturated rings. The Balaban J connectivity index is 2.09. The smallest absolute Gasteiger partial charge is 0.264 e. The molecular weight excluding hydrogens is 506 g/mol. The minimum absolute atomic E-state index is 0.0207. The van der Waals surface area contributed by atoms with Crippen LogP contribution >= 0.6 is 0 Å². The van der Waals surface area contributed by atoms with Crippen molar-refractivity contribution in [2.45, 2.75) is 31.3 Å². The number of aryl methyl sites for hydroxylation is 1. The van der Waals surface area contributed by atoms with Crippen molar-refractivity contribution in [3.05, 3.63) is 83.9 Å². The van der Waals surface area contributed by atoms with Crippen molar-refractivity contribution in [3.63, 3.8) is 0 Å². The number of hydrogen-bond acceptors (Lipinski definition) is 6. The number of benzene rings is 3. The molecule has 0 unspecified atom stereocenters. The number of ether oxygens (including phenoxy) is 2. The number of amides is 2. The fourth-order valence-corrected chi connectivity index (χ4v) is 5.42. The van der Waals surface area contributed by atoms with Crippen molar-refractivity contribution in [2.75, 3.05) is 32.1 Å². The molecule has 9 nitrogen and oxygen atoms in total. The minimum atomic E-state index is -4.17. The highest BCUT2D eigenvalue weighted by atomic mass is 32.2. The van der Waals surface area contributed by atoms with Crippen molar-refractivity contribution in [2.24, 2.45) is 0 Å². The second kappa shape index (κ2) is 12.5. The van der Waals surface area contributed by atoms with E-state index in [0.29, 0.717) is 11.5 Å². The monoisotopic (exact) mass is 539 g/mol.